The number of rotatable bonds is 16. The van der Waals surface area contributed by atoms with Crippen molar-refractivity contribution in [2.24, 2.45) is 5.92 Å². The van der Waals surface area contributed by atoms with Gasteiger partial charge in [-0.1, -0.05) is 37.6 Å². The molecule has 0 bridgehead atoms. The highest BCUT2D eigenvalue weighted by Gasteiger charge is 2.29. The average molecular weight is 563 g/mol. The van der Waals surface area contributed by atoms with Gasteiger partial charge in [0.15, 0.2) is 0 Å². The van der Waals surface area contributed by atoms with Gasteiger partial charge in [-0.3, -0.25) is 14.9 Å². The van der Waals surface area contributed by atoms with E-state index < -0.39 is 6.17 Å². The minimum Gasteiger partial charge on any atom is -0.475 e. The number of nitrogens with zero attached hydrogens (tertiary/aromatic N) is 1. The zero-order chi connectivity index (χ0) is 28.0. The number of nitrogens with one attached hydrogen (secondary N) is 3. The molecule has 2 unspecified atom stereocenters. The minimum absolute atomic E-state index is 0.0261. The molecule has 3 rings (SSSR count). The maximum absolute atomic E-state index is 12.6. The van der Waals surface area contributed by atoms with Crippen LogP contribution >= 0.6 is 11.6 Å². The lowest BCUT2D eigenvalue weighted by Gasteiger charge is -2.32. The Morgan fingerprint density at radius 1 is 1.08 bits per heavy atom. The van der Waals surface area contributed by atoms with Gasteiger partial charge in [-0.2, -0.15) is 0 Å². The summed E-state index contributed by atoms with van der Waals surface area (Å²) in [5.74, 6) is 0.252. The van der Waals surface area contributed by atoms with Crippen LogP contribution in [-0.2, 0) is 30.3 Å². The molecule has 39 heavy (non-hydrogen) atoms. The van der Waals surface area contributed by atoms with Crippen molar-refractivity contribution in [3.8, 4) is 5.88 Å². The number of halogens is 1. The molecule has 1 fully saturated rings. The van der Waals surface area contributed by atoms with Crippen LogP contribution in [0.25, 0.3) is 0 Å². The van der Waals surface area contributed by atoms with Gasteiger partial charge in [0.05, 0.1) is 33.0 Å². The van der Waals surface area contributed by atoms with Crippen molar-refractivity contribution in [2.45, 2.75) is 45.9 Å². The molecular formula is C28H39ClN4O6. The third-order valence-electron chi connectivity index (χ3n) is 6.01. The Morgan fingerprint density at radius 2 is 1.79 bits per heavy atom. The molecule has 0 aliphatic carbocycles. The minimum atomic E-state index is -0.485. The van der Waals surface area contributed by atoms with Gasteiger partial charge in [0.25, 0.3) is 0 Å². The summed E-state index contributed by atoms with van der Waals surface area (Å²) < 4.78 is 21.8. The summed E-state index contributed by atoms with van der Waals surface area (Å²) in [6.45, 7) is 9.62. The standard InChI is InChI=1S/C28H39ClN4O6/c1-4-36-9-10-37-11-12-38-13-14-39-26-8-6-21(18-30-26)24-16-25(34)33-27(32-24)22-15-20(5-7-23(22)29)17-31-28(35)19(2)3/h5-8,15,18-19,24,27,32H,4,9-14,16-17H2,1-3H3,(H,31,35)(H,33,34). The molecule has 2 atom stereocenters. The fourth-order valence-electron chi connectivity index (χ4n) is 3.88. The molecule has 2 aromatic rings. The van der Waals surface area contributed by atoms with E-state index in [4.69, 9.17) is 30.5 Å². The SMILES string of the molecule is CCOCCOCCOCCOc1ccc(C2CC(=O)NC(c3cc(CNC(=O)C(C)C)ccc3Cl)N2)cn1. The van der Waals surface area contributed by atoms with Crippen molar-refractivity contribution in [2.75, 3.05) is 46.2 Å². The van der Waals surface area contributed by atoms with E-state index in [-0.39, 0.29) is 30.2 Å². The third-order valence-corrected chi connectivity index (χ3v) is 6.36. The van der Waals surface area contributed by atoms with Crippen LogP contribution in [0.2, 0.25) is 5.02 Å². The second-order valence-corrected chi connectivity index (χ2v) is 9.76. The molecular weight excluding hydrogens is 524 g/mol. The van der Waals surface area contributed by atoms with E-state index in [9.17, 15) is 9.59 Å². The first kappa shape index (κ1) is 30.8. The molecule has 10 nitrogen and oxygen atoms in total. The van der Waals surface area contributed by atoms with Gasteiger partial charge in [-0.15, -0.1) is 0 Å². The molecule has 1 aromatic heterocycles. The number of aromatic nitrogens is 1. The van der Waals surface area contributed by atoms with Crippen LogP contribution in [0.4, 0.5) is 0 Å². The number of ether oxygens (including phenoxy) is 4. The molecule has 1 aromatic carbocycles. The maximum atomic E-state index is 12.6. The normalized spacial score (nSPS) is 17.2. The van der Waals surface area contributed by atoms with Gasteiger partial charge in [-0.05, 0) is 30.2 Å². The number of amides is 2. The zero-order valence-electron chi connectivity index (χ0n) is 22.8. The number of benzene rings is 1. The van der Waals surface area contributed by atoms with Gasteiger partial charge in [0, 0.05) is 54.4 Å². The first-order valence-electron chi connectivity index (χ1n) is 13.3. The molecule has 0 radical (unpaired) electrons. The lowest BCUT2D eigenvalue weighted by molar-refractivity contribution is -0.125. The first-order chi connectivity index (χ1) is 18.9. The van der Waals surface area contributed by atoms with Crippen molar-refractivity contribution in [1.29, 1.82) is 0 Å². The lowest BCUT2D eigenvalue weighted by Crippen LogP contribution is -2.46. The average Bonchev–Trinajstić information content (AvgIpc) is 2.93. The molecule has 2 heterocycles. The van der Waals surface area contributed by atoms with E-state index in [1.165, 1.54) is 0 Å². The molecule has 1 aliphatic rings. The molecule has 1 saturated heterocycles. The van der Waals surface area contributed by atoms with Crippen LogP contribution in [0.15, 0.2) is 36.5 Å². The summed E-state index contributed by atoms with van der Waals surface area (Å²) in [4.78, 5) is 28.9. The predicted octanol–water partition coefficient (Wildman–Crippen LogP) is 3.31. The van der Waals surface area contributed by atoms with Gasteiger partial charge in [0.2, 0.25) is 17.7 Å². The summed E-state index contributed by atoms with van der Waals surface area (Å²) >= 11 is 6.49. The Kier molecular flexibility index (Phi) is 12.9. The lowest BCUT2D eigenvalue weighted by atomic mass is 9.99. The highest BCUT2D eigenvalue weighted by atomic mass is 35.5. The van der Waals surface area contributed by atoms with Crippen molar-refractivity contribution < 1.29 is 28.5 Å². The number of carbonyl (C=O) groups excluding carboxylic acids is 2. The van der Waals surface area contributed by atoms with Crippen LogP contribution in [0.1, 0.15) is 56.1 Å². The van der Waals surface area contributed by atoms with Crippen LogP contribution < -0.4 is 20.7 Å². The fraction of sp³-hybridized carbons (Fsp3) is 0.536. The Labute approximate surface area is 235 Å². The molecule has 11 heteroatoms. The van der Waals surface area contributed by atoms with Crippen LogP contribution in [0.3, 0.4) is 0 Å². The number of hydrogen-bond donors (Lipinski definition) is 3. The van der Waals surface area contributed by atoms with Crippen LogP contribution in [0.5, 0.6) is 5.88 Å². The van der Waals surface area contributed by atoms with Gasteiger partial charge < -0.3 is 29.6 Å². The molecule has 0 saturated carbocycles. The van der Waals surface area contributed by atoms with Crippen LogP contribution in [0, 0.1) is 5.92 Å². The number of carbonyl (C=O) groups is 2. The summed E-state index contributed by atoms with van der Waals surface area (Å²) in [5.41, 5.74) is 2.49. The number of hydrogen-bond acceptors (Lipinski definition) is 8. The fourth-order valence-corrected chi connectivity index (χ4v) is 4.11. The molecule has 214 valence electrons. The second-order valence-electron chi connectivity index (χ2n) is 9.35. The van der Waals surface area contributed by atoms with Crippen molar-refractivity contribution in [3.63, 3.8) is 0 Å². The van der Waals surface area contributed by atoms with Crippen LogP contribution in [-0.4, -0.2) is 63.0 Å². The first-order valence-corrected chi connectivity index (χ1v) is 13.7. The Hall–Kier alpha value is -2.76. The van der Waals surface area contributed by atoms with E-state index >= 15 is 0 Å². The van der Waals surface area contributed by atoms with E-state index in [0.717, 1.165) is 16.7 Å². The second kappa shape index (κ2) is 16.4. The van der Waals surface area contributed by atoms with E-state index in [1.54, 1.807) is 18.3 Å². The molecule has 1 aliphatic heterocycles. The van der Waals surface area contributed by atoms with E-state index in [0.29, 0.717) is 63.7 Å². The van der Waals surface area contributed by atoms with Gasteiger partial charge >= 0.3 is 0 Å². The Morgan fingerprint density at radius 3 is 2.46 bits per heavy atom. The topological polar surface area (TPSA) is 120 Å². The van der Waals surface area contributed by atoms with E-state index in [2.05, 4.69) is 20.9 Å². The Balaban J connectivity index is 1.49. The van der Waals surface area contributed by atoms with Crippen molar-refractivity contribution >= 4 is 23.4 Å². The van der Waals surface area contributed by atoms with Gasteiger partial charge in [0.1, 0.15) is 12.8 Å². The monoisotopic (exact) mass is 562 g/mol. The Bertz CT molecular complexity index is 1050. The highest BCUT2D eigenvalue weighted by molar-refractivity contribution is 6.31. The molecule has 3 N–H and O–H groups in total. The highest BCUT2D eigenvalue weighted by Crippen LogP contribution is 2.30. The summed E-state index contributed by atoms with van der Waals surface area (Å²) in [5, 5.41) is 9.84. The number of pyridine rings is 1. The summed E-state index contributed by atoms with van der Waals surface area (Å²) in [6.07, 6.45) is 1.48. The largest absolute Gasteiger partial charge is 0.475 e. The maximum Gasteiger partial charge on any atom is 0.223 e. The van der Waals surface area contributed by atoms with Gasteiger partial charge in [-0.25, -0.2) is 4.98 Å². The third kappa shape index (κ3) is 10.4. The zero-order valence-corrected chi connectivity index (χ0v) is 23.6. The van der Waals surface area contributed by atoms with Crippen molar-refractivity contribution in [1.82, 2.24) is 20.9 Å². The quantitative estimate of drug-likeness (QED) is 0.267. The molecule has 2 amide bonds. The predicted molar refractivity (Wildman–Crippen MR) is 147 cm³/mol. The van der Waals surface area contributed by atoms with E-state index in [1.807, 2.05) is 39.0 Å². The summed E-state index contributed by atoms with van der Waals surface area (Å²) in [6, 6.07) is 8.95. The van der Waals surface area contributed by atoms with Crippen molar-refractivity contribution in [3.05, 3.63) is 58.2 Å². The molecule has 0 spiro atoms. The smallest absolute Gasteiger partial charge is 0.223 e. The summed E-state index contributed by atoms with van der Waals surface area (Å²) in [7, 11) is 0.